The predicted molar refractivity (Wildman–Crippen MR) is 94.5 cm³/mol. The van der Waals surface area contributed by atoms with Gasteiger partial charge in [-0.2, -0.15) is 0 Å². The van der Waals surface area contributed by atoms with Gasteiger partial charge in [0.2, 0.25) is 0 Å². The first-order valence-corrected chi connectivity index (χ1v) is 9.23. The van der Waals surface area contributed by atoms with Crippen LogP contribution in [0, 0.1) is 11.6 Å². The first kappa shape index (κ1) is 21.4. The molecule has 0 saturated heterocycles. The van der Waals surface area contributed by atoms with Gasteiger partial charge in [-0.3, -0.25) is 4.72 Å². The van der Waals surface area contributed by atoms with Gasteiger partial charge >= 0.3 is 5.97 Å². The van der Waals surface area contributed by atoms with E-state index in [2.05, 4.69) is 0 Å². The van der Waals surface area contributed by atoms with Crippen LogP contribution in [0.25, 0.3) is 0 Å². The number of aromatic carboxylic acids is 1. The zero-order valence-electron chi connectivity index (χ0n) is 14.9. The molecule has 0 atom stereocenters. The molecule has 2 rings (SSSR count). The molecule has 0 spiro atoms. The Morgan fingerprint density at radius 3 is 2.43 bits per heavy atom. The quantitative estimate of drug-likeness (QED) is 0.603. The monoisotopic (exact) mass is 417 g/mol. The summed E-state index contributed by atoms with van der Waals surface area (Å²) in [6, 6.07) is 4.01. The molecule has 0 fully saturated rings. The van der Waals surface area contributed by atoms with Crippen LogP contribution in [-0.4, -0.2) is 46.9 Å². The number of carboxylic acid groups (broad SMARTS) is 1. The maximum Gasteiger partial charge on any atom is 0.337 e. The zero-order valence-corrected chi connectivity index (χ0v) is 15.7. The lowest BCUT2D eigenvalue weighted by Gasteiger charge is -2.16. The molecule has 0 aliphatic rings. The summed E-state index contributed by atoms with van der Waals surface area (Å²) in [5.74, 6) is -3.58. The molecular weight excluding hydrogens is 400 g/mol. The minimum absolute atomic E-state index is 0.0296. The van der Waals surface area contributed by atoms with Crippen molar-refractivity contribution in [3.63, 3.8) is 0 Å². The third kappa shape index (κ3) is 4.87. The lowest BCUT2D eigenvalue weighted by Crippen LogP contribution is -2.17. The maximum atomic E-state index is 13.9. The molecule has 0 amide bonds. The number of carboxylic acids is 1. The highest BCUT2D eigenvalue weighted by atomic mass is 32.2. The molecule has 0 radical (unpaired) electrons. The highest BCUT2D eigenvalue weighted by Crippen LogP contribution is 2.35. The Labute approximate surface area is 159 Å². The van der Waals surface area contributed by atoms with E-state index in [9.17, 15) is 27.1 Å². The second-order valence-corrected chi connectivity index (χ2v) is 7.03. The van der Waals surface area contributed by atoms with Crippen LogP contribution in [-0.2, 0) is 14.8 Å². The minimum Gasteiger partial charge on any atom is -0.493 e. The molecule has 152 valence electrons. The number of rotatable bonds is 9. The number of methoxy groups -OCH3 is 2. The van der Waals surface area contributed by atoms with E-state index >= 15 is 0 Å². The number of sulfonamides is 1. The first-order valence-electron chi connectivity index (χ1n) is 7.74. The topological polar surface area (TPSA) is 111 Å². The highest BCUT2D eigenvalue weighted by molar-refractivity contribution is 7.92. The van der Waals surface area contributed by atoms with Crippen LogP contribution in [0.5, 0.6) is 11.5 Å². The summed E-state index contributed by atoms with van der Waals surface area (Å²) in [7, 11) is -1.91. The lowest BCUT2D eigenvalue weighted by molar-refractivity contribution is 0.0697. The SMILES string of the molecule is COCCOc1cc(NS(=O)(=O)c2cc(F)ccc2F)c(C(=O)O)cc1OC. The molecule has 0 aromatic heterocycles. The second kappa shape index (κ2) is 8.85. The van der Waals surface area contributed by atoms with Crippen LogP contribution in [0.3, 0.4) is 0 Å². The third-order valence-electron chi connectivity index (χ3n) is 3.51. The van der Waals surface area contributed by atoms with Crippen molar-refractivity contribution in [2.45, 2.75) is 4.90 Å². The summed E-state index contributed by atoms with van der Waals surface area (Å²) >= 11 is 0. The van der Waals surface area contributed by atoms with Crippen LogP contribution < -0.4 is 14.2 Å². The maximum absolute atomic E-state index is 13.9. The molecule has 0 aliphatic heterocycles. The fraction of sp³-hybridized carbons (Fsp3) is 0.235. The van der Waals surface area contributed by atoms with Gasteiger partial charge in [0.15, 0.2) is 11.5 Å². The average molecular weight is 417 g/mol. The zero-order chi connectivity index (χ0) is 20.9. The van der Waals surface area contributed by atoms with Gasteiger partial charge in [0.1, 0.15) is 23.1 Å². The predicted octanol–water partition coefficient (Wildman–Crippen LogP) is 2.50. The fourth-order valence-electron chi connectivity index (χ4n) is 2.21. The summed E-state index contributed by atoms with van der Waals surface area (Å²) in [6.45, 7) is 0.281. The highest BCUT2D eigenvalue weighted by Gasteiger charge is 2.24. The summed E-state index contributed by atoms with van der Waals surface area (Å²) in [5.41, 5.74) is -0.888. The van der Waals surface area contributed by atoms with Crippen molar-refractivity contribution in [3.05, 3.63) is 47.5 Å². The molecule has 28 heavy (non-hydrogen) atoms. The van der Waals surface area contributed by atoms with Crippen molar-refractivity contribution < 1.29 is 41.3 Å². The molecule has 0 saturated carbocycles. The largest absolute Gasteiger partial charge is 0.493 e. The second-order valence-electron chi connectivity index (χ2n) is 5.38. The number of ether oxygens (including phenoxy) is 3. The standard InChI is InChI=1S/C17H17F2NO7S/c1-25-5-6-27-15-9-13(11(17(21)22)8-14(15)26-2)20-28(23,24)16-7-10(18)3-4-12(16)19/h3-4,7-9,20H,5-6H2,1-2H3,(H,21,22). The van der Waals surface area contributed by atoms with Gasteiger partial charge in [-0.15, -0.1) is 0 Å². The van der Waals surface area contributed by atoms with Crippen molar-refractivity contribution in [2.75, 3.05) is 32.2 Å². The Hall–Kier alpha value is -2.92. The van der Waals surface area contributed by atoms with E-state index in [1.54, 1.807) is 0 Å². The third-order valence-corrected chi connectivity index (χ3v) is 4.89. The average Bonchev–Trinajstić information content (AvgIpc) is 2.63. The number of carbonyl (C=O) groups is 1. The van der Waals surface area contributed by atoms with Crippen LogP contribution in [0.15, 0.2) is 35.2 Å². The Bertz CT molecular complexity index is 980. The summed E-state index contributed by atoms with van der Waals surface area (Å²) < 4.78 is 69.4. The molecule has 0 aliphatic carbocycles. The van der Waals surface area contributed by atoms with Gasteiger partial charge in [0.25, 0.3) is 10.0 Å². The van der Waals surface area contributed by atoms with Crippen molar-refractivity contribution in [3.8, 4) is 11.5 Å². The Morgan fingerprint density at radius 2 is 1.82 bits per heavy atom. The molecule has 0 heterocycles. The van der Waals surface area contributed by atoms with E-state index in [-0.39, 0.29) is 24.7 Å². The number of nitrogens with one attached hydrogen (secondary N) is 1. The Balaban J connectivity index is 2.51. The molecule has 0 bridgehead atoms. The van der Waals surface area contributed by atoms with E-state index in [0.717, 1.165) is 18.2 Å². The van der Waals surface area contributed by atoms with E-state index in [4.69, 9.17) is 14.2 Å². The Morgan fingerprint density at radius 1 is 1.11 bits per heavy atom. The smallest absolute Gasteiger partial charge is 0.337 e. The van der Waals surface area contributed by atoms with Gasteiger partial charge in [-0.25, -0.2) is 22.0 Å². The van der Waals surface area contributed by atoms with Gasteiger partial charge < -0.3 is 19.3 Å². The number of halogens is 2. The van der Waals surface area contributed by atoms with Gasteiger partial charge in [-0.05, 0) is 18.2 Å². The molecule has 0 unspecified atom stereocenters. The summed E-state index contributed by atoms with van der Waals surface area (Å²) in [5, 5.41) is 9.37. The molecule has 2 N–H and O–H groups in total. The normalized spacial score (nSPS) is 11.1. The number of anilines is 1. The van der Waals surface area contributed by atoms with Crippen LogP contribution in [0.4, 0.5) is 14.5 Å². The molecule has 2 aromatic carbocycles. The Kier molecular flexibility index (Phi) is 6.75. The van der Waals surface area contributed by atoms with Crippen molar-refractivity contribution in [1.82, 2.24) is 0 Å². The number of hydrogen-bond donors (Lipinski definition) is 2. The van der Waals surface area contributed by atoms with Gasteiger partial charge in [0, 0.05) is 19.2 Å². The van der Waals surface area contributed by atoms with Gasteiger partial charge in [-0.1, -0.05) is 0 Å². The van der Waals surface area contributed by atoms with Crippen molar-refractivity contribution in [2.24, 2.45) is 0 Å². The van der Waals surface area contributed by atoms with E-state index in [1.165, 1.54) is 14.2 Å². The van der Waals surface area contributed by atoms with E-state index in [0.29, 0.717) is 12.1 Å². The van der Waals surface area contributed by atoms with Crippen LogP contribution >= 0.6 is 0 Å². The molecular formula is C17H17F2NO7S. The van der Waals surface area contributed by atoms with Crippen molar-refractivity contribution >= 4 is 21.7 Å². The number of hydrogen-bond acceptors (Lipinski definition) is 6. The van der Waals surface area contributed by atoms with Crippen LogP contribution in [0.1, 0.15) is 10.4 Å². The van der Waals surface area contributed by atoms with Crippen LogP contribution in [0.2, 0.25) is 0 Å². The fourth-order valence-corrected chi connectivity index (χ4v) is 3.37. The van der Waals surface area contributed by atoms with E-state index < -0.39 is 43.8 Å². The number of benzene rings is 2. The molecule has 2 aromatic rings. The summed E-state index contributed by atoms with van der Waals surface area (Å²) in [6.07, 6.45) is 0. The molecule has 8 nitrogen and oxygen atoms in total. The van der Waals surface area contributed by atoms with E-state index in [1.807, 2.05) is 4.72 Å². The van der Waals surface area contributed by atoms with Crippen molar-refractivity contribution in [1.29, 1.82) is 0 Å². The minimum atomic E-state index is -4.63. The first-order chi connectivity index (χ1) is 13.2. The van der Waals surface area contributed by atoms with Gasteiger partial charge in [0.05, 0.1) is 25.0 Å². The summed E-state index contributed by atoms with van der Waals surface area (Å²) in [4.78, 5) is 10.5. The molecule has 11 heteroatoms. The lowest BCUT2D eigenvalue weighted by atomic mass is 10.1.